The minimum absolute atomic E-state index is 0.304. The second-order valence-electron chi connectivity index (χ2n) is 7.53. The fourth-order valence-corrected chi connectivity index (χ4v) is 2.89. The van der Waals surface area contributed by atoms with E-state index < -0.39 is 23.2 Å². The highest BCUT2D eigenvalue weighted by atomic mass is 16.6. The summed E-state index contributed by atoms with van der Waals surface area (Å²) in [4.78, 5) is 37.3. The Balaban J connectivity index is 1.79. The molecule has 0 aliphatic carbocycles. The first-order chi connectivity index (χ1) is 12.9. The number of hydrazine groups is 1. The first kappa shape index (κ1) is 20.9. The Labute approximate surface area is 161 Å². The molecular weight excluding hydrogens is 344 g/mol. The maximum absolute atomic E-state index is 12.5. The third-order valence-electron chi connectivity index (χ3n) is 5.10. The molecule has 0 spiro atoms. The van der Waals surface area contributed by atoms with E-state index >= 15 is 0 Å². The first-order valence-electron chi connectivity index (χ1n) is 9.71. The molecule has 1 aliphatic heterocycles. The van der Waals surface area contributed by atoms with Crippen LogP contribution in [0.15, 0.2) is 30.3 Å². The summed E-state index contributed by atoms with van der Waals surface area (Å²) in [5, 5.41) is 2.51. The van der Waals surface area contributed by atoms with Crippen LogP contribution >= 0.6 is 0 Å². The van der Waals surface area contributed by atoms with Crippen LogP contribution in [0.2, 0.25) is 0 Å². The van der Waals surface area contributed by atoms with Crippen LogP contribution in [0, 0.1) is 5.41 Å². The molecule has 1 aliphatic rings. The molecule has 0 atom stereocenters. The van der Waals surface area contributed by atoms with E-state index in [-0.39, 0.29) is 0 Å². The normalized spacial score (nSPS) is 14.3. The van der Waals surface area contributed by atoms with Crippen LogP contribution in [0.5, 0.6) is 0 Å². The number of ketones is 1. The number of aryl methyl sites for hydroxylation is 1. The number of carbonyl (C=O) groups is 3. The quantitative estimate of drug-likeness (QED) is 0.515. The molecule has 6 nitrogen and oxygen atoms in total. The van der Waals surface area contributed by atoms with Gasteiger partial charge in [0, 0.05) is 18.5 Å². The fourth-order valence-electron chi connectivity index (χ4n) is 2.89. The first-order valence-corrected chi connectivity index (χ1v) is 9.71. The highest BCUT2D eigenvalue weighted by Crippen LogP contribution is 2.24. The molecule has 1 saturated heterocycles. The predicted octanol–water partition coefficient (Wildman–Crippen LogP) is 3.60. The molecule has 27 heavy (non-hydrogen) atoms. The number of benzene rings is 1. The summed E-state index contributed by atoms with van der Waals surface area (Å²) in [6.45, 7) is 6.44. The zero-order valence-corrected chi connectivity index (χ0v) is 16.6. The SMILES string of the molecule is CCC(C)(C)C(=O)C(=O)N1CCCN1C(=O)OCCCCc1ccccc1. The van der Waals surface area contributed by atoms with Gasteiger partial charge in [-0.1, -0.05) is 51.1 Å². The Kier molecular flexibility index (Phi) is 7.39. The van der Waals surface area contributed by atoms with Gasteiger partial charge in [-0.3, -0.25) is 9.59 Å². The summed E-state index contributed by atoms with van der Waals surface area (Å²) in [5.74, 6) is -1.09. The topological polar surface area (TPSA) is 66.9 Å². The highest BCUT2D eigenvalue weighted by Gasteiger charge is 2.40. The van der Waals surface area contributed by atoms with E-state index in [0.29, 0.717) is 32.5 Å². The average molecular weight is 374 g/mol. The molecular formula is C21H30N2O4. The monoisotopic (exact) mass is 374 g/mol. The maximum Gasteiger partial charge on any atom is 0.428 e. The van der Waals surface area contributed by atoms with Crippen LogP contribution in [0.25, 0.3) is 0 Å². The Morgan fingerprint density at radius 1 is 1.04 bits per heavy atom. The van der Waals surface area contributed by atoms with Crippen molar-refractivity contribution in [1.82, 2.24) is 10.0 Å². The number of unbranched alkanes of at least 4 members (excludes halogenated alkanes) is 1. The van der Waals surface area contributed by atoms with Crippen molar-refractivity contribution in [2.45, 2.75) is 52.9 Å². The molecule has 1 fully saturated rings. The number of rotatable bonds is 8. The lowest BCUT2D eigenvalue weighted by Crippen LogP contribution is -2.50. The lowest BCUT2D eigenvalue weighted by Gasteiger charge is -2.29. The number of Topliss-reactive ketones (excluding diaryl/α,β-unsaturated/α-hetero) is 1. The second-order valence-corrected chi connectivity index (χ2v) is 7.53. The molecule has 0 bridgehead atoms. The third-order valence-corrected chi connectivity index (χ3v) is 5.10. The molecule has 6 heteroatoms. The molecule has 0 saturated carbocycles. The number of nitrogens with zero attached hydrogens (tertiary/aromatic N) is 2. The predicted molar refractivity (Wildman–Crippen MR) is 103 cm³/mol. The van der Waals surface area contributed by atoms with E-state index in [9.17, 15) is 14.4 Å². The number of hydrogen-bond acceptors (Lipinski definition) is 4. The van der Waals surface area contributed by atoms with E-state index in [0.717, 1.165) is 19.3 Å². The van der Waals surface area contributed by atoms with Crippen LogP contribution < -0.4 is 0 Å². The number of amides is 2. The van der Waals surface area contributed by atoms with Gasteiger partial charge in [0.05, 0.1) is 6.61 Å². The Morgan fingerprint density at radius 2 is 1.70 bits per heavy atom. The van der Waals surface area contributed by atoms with Gasteiger partial charge < -0.3 is 4.74 Å². The van der Waals surface area contributed by atoms with E-state index in [1.165, 1.54) is 15.6 Å². The zero-order valence-electron chi connectivity index (χ0n) is 16.6. The van der Waals surface area contributed by atoms with Crippen molar-refractivity contribution >= 4 is 17.8 Å². The molecule has 0 aromatic heterocycles. The molecule has 0 N–H and O–H groups in total. The Bertz CT molecular complexity index is 657. The van der Waals surface area contributed by atoms with Gasteiger partial charge in [0.2, 0.25) is 5.78 Å². The van der Waals surface area contributed by atoms with Crippen molar-refractivity contribution in [1.29, 1.82) is 0 Å². The maximum atomic E-state index is 12.5. The van der Waals surface area contributed by atoms with Crippen molar-refractivity contribution < 1.29 is 19.1 Å². The van der Waals surface area contributed by atoms with Crippen molar-refractivity contribution in [3.05, 3.63) is 35.9 Å². The van der Waals surface area contributed by atoms with E-state index in [4.69, 9.17) is 4.74 Å². The minimum Gasteiger partial charge on any atom is -0.448 e. The third kappa shape index (κ3) is 5.55. The van der Waals surface area contributed by atoms with Crippen molar-refractivity contribution in [3.63, 3.8) is 0 Å². The second kappa shape index (κ2) is 9.53. The number of carbonyl (C=O) groups excluding carboxylic acids is 3. The Hall–Kier alpha value is -2.37. The summed E-state index contributed by atoms with van der Waals surface area (Å²) in [6.07, 6.45) is 3.27. The van der Waals surface area contributed by atoms with Crippen LogP contribution in [0.4, 0.5) is 4.79 Å². The van der Waals surface area contributed by atoms with Gasteiger partial charge in [-0.2, -0.15) is 0 Å². The van der Waals surface area contributed by atoms with Crippen LogP contribution in [0.3, 0.4) is 0 Å². The van der Waals surface area contributed by atoms with Gasteiger partial charge in [-0.15, -0.1) is 0 Å². The van der Waals surface area contributed by atoms with Crippen LogP contribution in [0.1, 0.15) is 52.0 Å². The summed E-state index contributed by atoms with van der Waals surface area (Å²) >= 11 is 0. The molecule has 2 amide bonds. The van der Waals surface area contributed by atoms with Crippen molar-refractivity contribution in [2.75, 3.05) is 19.7 Å². The van der Waals surface area contributed by atoms with Crippen LogP contribution in [-0.4, -0.2) is 47.5 Å². The molecule has 148 valence electrons. The lowest BCUT2D eigenvalue weighted by atomic mass is 9.85. The van der Waals surface area contributed by atoms with E-state index in [1.807, 2.05) is 25.1 Å². The van der Waals surface area contributed by atoms with Crippen LogP contribution in [-0.2, 0) is 20.7 Å². The Morgan fingerprint density at radius 3 is 2.37 bits per heavy atom. The number of hydrogen-bond donors (Lipinski definition) is 0. The zero-order chi connectivity index (χ0) is 19.9. The van der Waals surface area contributed by atoms with Gasteiger partial charge in [0.1, 0.15) is 0 Å². The van der Waals surface area contributed by atoms with Gasteiger partial charge in [0.25, 0.3) is 0 Å². The van der Waals surface area contributed by atoms with Crippen molar-refractivity contribution in [2.24, 2.45) is 5.41 Å². The summed E-state index contributed by atoms with van der Waals surface area (Å²) in [5.41, 5.74) is 0.532. The largest absolute Gasteiger partial charge is 0.448 e. The smallest absolute Gasteiger partial charge is 0.428 e. The van der Waals surface area contributed by atoms with Gasteiger partial charge >= 0.3 is 12.0 Å². The minimum atomic E-state index is -0.729. The van der Waals surface area contributed by atoms with E-state index in [1.54, 1.807) is 13.8 Å². The molecule has 1 aromatic rings. The molecule has 0 unspecified atom stereocenters. The lowest BCUT2D eigenvalue weighted by molar-refractivity contribution is -0.156. The molecule has 1 aromatic carbocycles. The van der Waals surface area contributed by atoms with Gasteiger partial charge in [-0.25, -0.2) is 14.8 Å². The molecule has 2 rings (SSSR count). The standard InChI is InChI=1S/C21H30N2O4/c1-4-21(2,3)18(24)19(25)22-14-10-15-23(22)20(26)27-16-9-8-13-17-11-6-5-7-12-17/h5-7,11-12H,4,8-10,13-16H2,1-3H3. The molecule has 1 heterocycles. The van der Waals surface area contributed by atoms with E-state index in [2.05, 4.69) is 12.1 Å². The summed E-state index contributed by atoms with van der Waals surface area (Å²) < 4.78 is 5.32. The van der Waals surface area contributed by atoms with Gasteiger partial charge in [-0.05, 0) is 37.7 Å². The number of ether oxygens (including phenoxy) is 1. The fraction of sp³-hybridized carbons (Fsp3) is 0.571. The average Bonchev–Trinajstić information content (AvgIpc) is 3.17. The van der Waals surface area contributed by atoms with Crippen molar-refractivity contribution in [3.8, 4) is 0 Å². The summed E-state index contributed by atoms with van der Waals surface area (Å²) in [6, 6.07) is 10.2. The highest BCUT2D eigenvalue weighted by molar-refractivity contribution is 6.37. The summed E-state index contributed by atoms with van der Waals surface area (Å²) in [7, 11) is 0. The molecule has 0 radical (unpaired) electrons. The van der Waals surface area contributed by atoms with Gasteiger partial charge in [0.15, 0.2) is 0 Å².